The van der Waals surface area contributed by atoms with Crippen LogP contribution in [0.2, 0.25) is 0 Å². The number of carbonyl (C=O) groups is 2. The van der Waals surface area contributed by atoms with Crippen LogP contribution in [0.4, 0.5) is 4.79 Å². The molecule has 0 aromatic carbocycles. The van der Waals surface area contributed by atoms with Crippen molar-refractivity contribution in [2.24, 2.45) is 23.7 Å². The second-order valence-corrected chi connectivity index (χ2v) is 7.02. The Morgan fingerprint density at radius 3 is 2.43 bits per heavy atom. The van der Waals surface area contributed by atoms with Gasteiger partial charge in [-0.3, -0.25) is 4.79 Å². The number of rotatable bonds is 6. The predicted octanol–water partition coefficient (Wildman–Crippen LogP) is 2.86. The molecule has 0 bridgehead atoms. The maximum absolute atomic E-state index is 11.9. The standard InChI is InChI=1S/C16H30N2O3/c1-10(2)7-13(15(19)20)9-17-16(21)18-14-6-5-11(3)8-12(14)4/h10-14H,5-9H2,1-4H3,(H,19,20)(H2,17,18,21). The van der Waals surface area contributed by atoms with E-state index in [0.717, 1.165) is 25.2 Å². The van der Waals surface area contributed by atoms with E-state index in [1.54, 1.807) is 0 Å². The molecule has 1 saturated carbocycles. The van der Waals surface area contributed by atoms with Crippen LogP contribution in [0, 0.1) is 23.7 Å². The molecule has 5 nitrogen and oxygen atoms in total. The Bertz CT molecular complexity index is 357. The number of nitrogens with one attached hydrogen (secondary N) is 2. The summed E-state index contributed by atoms with van der Waals surface area (Å²) in [4.78, 5) is 23.1. The quantitative estimate of drug-likeness (QED) is 0.705. The first kappa shape index (κ1) is 17.8. The smallest absolute Gasteiger partial charge is 0.315 e. The molecule has 0 aliphatic heterocycles. The zero-order valence-corrected chi connectivity index (χ0v) is 13.7. The van der Waals surface area contributed by atoms with Crippen molar-refractivity contribution in [2.45, 2.75) is 59.4 Å². The fourth-order valence-corrected chi connectivity index (χ4v) is 3.16. The van der Waals surface area contributed by atoms with E-state index in [1.807, 2.05) is 13.8 Å². The molecule has 1 fully saturated rings. The largest absolute Gasteiger partial charge is 0.481 e. The van der Waals surface area contributed by atoms with Gasteiger partial charge in [0.15, 0.2) is 0 Å². The van der Waals surface area contributed by atoms with Crippen LogP contribution < -0.4 is 10.6 Å². The Morgan fingerprint density at radius 1 is 1.24 bits per heavy atom. The fourth-order valence-electron chi connectivity index (χ4n) is 3.16. The van der Waals surface area contributed by atoms with Gasteiger partial charge in [0.05, 0.1) is 5.92 Å². The summed E-state index contributed by atoms with van der Waals surface area (Å²) >= 11 is 0. The van der Waals surface area contributed by atoms with Crippen LogP contribution in [0.5, 0.6) is 0 Å². The number of hydrogen-bond acceptors (Lipinski definition) is 2. The van der Waals surface area contributed by atoms with Crippen LogP contribution in [0.25, 0.3) is 0 Å². The molecule has 0 aromatic heterocycles. The molecular weight excluding hydrogens is 268 g/mol. The number of aliphatic carboxylic acids is 1. The van der Waals surface area contributed by atoms with Gasteiger partial charge in [0, 0.05) is 12.6 Å². The van der Waals surface area contributed by atoms with Crippen molar-refractivity contribution in [3.63, 3.8) is 0 Å². The second-order valence-electron chi connectivity index (χ2n) is 7.02. The van der Waals surface area contributed by atoms with Gasteiger partial charge in [0.2, 0.25) is 0 Å². The lowest BCUT2D eigenvalue weighted by atomic mass is 9.80. The van der Waals surface area contributed by atoms with Crippen LogP contribution in [0.3, 0.4) is 0 Å². The Morgan fingerprint density at radius 2 is 1.90 bits per heavy atom. The van der Waals surface area contributed by atoms with Crippen molar-refractivity contribution in [3.05, 3.63) is 0 Å². The molecule has 0 saturated heterocycles. The van der Waals surface area contributed by atoms with E-state index in [-0.39, 0.29) is 18.6 Å². The van der Waals surface area contributed by atoms with Crippen LogP contribution in [-0.4, -0.2) is 29.7 Å². The summed E-state index contributed by atoms with van der Waals surface area (Å²) in [5, 5.41) is 14.9. The summed E-state index contributed by atoms with van der Waals surface area (Å²) < 4.78 is 0. The molecule has 21 heavy (non-hydrogen) atoms. The molecule has 4 unspecified atom stereocenters. The van der Waals surface area contributed by atoms with Gasteiger partial charge in [0.1, 0.15) is 0 Å². The van der Waals surface area contributed by atoms with Crippen LogP contribution >= 0.6 is 0 Å². The van der Waals surface area contributed by atoms with Crippen molar-refractivity contribution in [2.75, 3.05) is 6.54 Å². The van der Waals surface area contributed by atoms with E-state index in [4.69, 9.17) is 5.11 Å². The minimum atomic E-state index is -0.844. The number of carbonyl (C=O) groups excluding carboxylic acids is 1. The van der Waals surface area contributed by atoms with Gasteiger partial charge in [-0.15, -0.1) is 0 Å². The lowest BCUT2D eigenvalue weighted by Gasteiger charge is -2.33. The monoisotopic (exact) mass is 298 g/mol. The first-order chi connectivity index (χ1) is 9.79. The van der Waals surface area contributed by atoms with Crippen molar-refractivity contribution in [1.29, 1.82) is 0 Å². The zero-order chi connectivity index (χ0) is 16.0. The summed E-state index contributed by atoms with van der Waals surface area (Å²) in [6, 6.07) is -0.0361. The first-order valence-electron chi connectivity index (χ1n) is 8.06. The number of urea groups is 1. The van der Waals surface area contributed by atoms with Crippen LogP contribution in [0.15, 0.2) is 0 Å². The topological polar surface area (TPSA) is 78.4 Å². The third-order valence-electron chi connectivity index (χ3n) is 4.36. The van der Waals surface area contributed by atoms with Crippen molar-refractivity contribution >= 4 is 12.0 Å². The maximum atomic E-state index is 11.9. The second kappa shape index (κ2) is 8.25. The molecule has 1 aliphatic rings. The Labute approximate surface area is 127 Å². The van der Waals surface area contributed by atoms with E-state index < -0.39 is 11.9 Å². The van der Waals surface area contributed by atoms with E-state index in [2.05, 4.69) is 24.5 Å². The summed E-state index contributed by atoms with van der Waals surface area (Å²) in [7, 11) is 0. The molecular formula is C16H30N2O3. The predicted molar refractivity (Wildman–Crippen MR) is 83.1 cm³/mol. The molecule has 0 radical (unpaired) electrons. The summed E-state index contributed by atoms with van der Waals surface area (Å²) in [6.45, 7) is 8.58. The fraction of sp³-hybridized carbons (Fsp3) is 0.875. The van der Waals surface area contributed by atoms with Crippen LogP contribution in [0.1, 0.15) is 53.4 Å². The summed E-state index contributed by atoms with van der Waals surface area (Å²) in [5.74, 6) is 0.146. The van der Waals surface area contributed by atoms with Gasteiger partial charge in [-0.1, -0.05) is 27.7 Å². The van der Waals surface area contributed by atoms with E-state index >= 15 is 0 Å². The number of carboxylic acid groups (broad SMARTS) is 1. The summed E-state index contributed by atoms with van der Waals surface area (Å²) in [6.07, 6.45) is 3.85. The maximum Gasteiger partial charge on any atom is 0.315 e. The SMILES string of the molecule is CC(C)CC(CNC(=O)NC1CCC(C)CC1C)C(=O)O. The molecule has 4 atom stereocenters. The zero-order valence-electron chi connectivity index (χ0n) is 13.7. The van der Waals surface area contributed by atoms with Crippen molar-refractivity contribution in [3.8, 4) is 0 Å². The summed E-state index contributed by atoms with van der Waals surface area (Å²) in [5.41, 5.74) is 0. The molecule has 2 amide bonds. The molecule has 1 aliphatic carbocycles. The molecule has 0 spiro atoms. The number of carboxylic acids is 1. The van der Waals surface area contributed by atoms with Gasteiger partial charge in [-0.25, -0.2) is 4.79 Å². The lowest BCUT2D eigenvalue weighted by Crippen LogP contribution is -2.48. The molecule has 0 heterocycles. The highest BCUT2D eigenvalue weighted by Crippen LogP contribution is 2.28. The highest BCUT2D eigenvalue weighted by molar-refractivity contribution is 5.76. The van der Waals surface area contributed by atoms with E-state index in [1.165, 1.54) is 0 Å². The van der Waals surface area contributed by atoms with Crippen molar-refractivity contribution in [1.82, 2.24) is 10.6 Å². The first-order valence-corrected chi connectivity index (χ1v) is 8.06. The minimum Gasteiger partial charge on any atom is -0.481 e. The average molecular weight is 298 g/mol. The van der Waals surface area contributed by atoms with Gasteiger partial charge >= 0.3 is 12.0 Å². The Balaban J connectivity index is 2.37. The number of amides is 2. The average Bonchev–Trinajstić information content (AvgIpc) is 2.37. The molecule has 1 rings (SSSR count). The van der Waals surface area contributed by atoms with Gasteiger partial charge in [-0.2, -0.15) is 0 Å². The van der Waals surface area contributed by atoms with Gasteiger partial charge in [0.25, 0.3) is 0 Å². The molecule has 0 aromatic rings. The molecule has 122 valence electrons. The van der Waals surface area contributed by atoms with Crippen LogP contribution in [-0.2, 0) is 4.79 Å². The number of hydrogen-bond donors (Lipinski definition) is 3. The van der Waals surface area contributed by atoms with Crippen molar-refractivity contribution < 1.29 is 14.7 Å². The third-order valence-corrected chi connectivity index (χ3v) is 4.36. The minimum absolute atomic E-state index is 0.191. The third kappa shape index (κ3) is 6.36. The van der Waals surface area contributed by atoms with Gasteiger partial charge < -0.3 is 15.7 Å². The molecule has 3 N–H and O–H groups in total. The highest BCUT2D eigenvalue weighted by atomic mass is 16.4. The Hall–Kier alpha value is -1.26. The van der Waals surface area contributed by atoms with Gasteiger partial charge in [-0.05, 0) is 43.4 Å². The Kier molecular flexibility index (Phi) is 6.99. The van der Waals surface area contributed by atoms with E-state index in [0.29, 0.717) is 18.3 Å². The highest BCUT2D eigenvalue weighted by Gasteiger charge is 2.27. The normalized spacial score (nSPS) is 27.2. The molecule has 5 heteroatoms. The lowest BCUT2D eigenvalue weighted by molar-refractivity contribution is -0.142. The van der Waals surface area contributed by atoms with E-state index in [9.17, 15) is 9.59 Å².